The maximum atomic E-state index is 12.3. The van der Waals surface area contributed by atoms with Crippen molar-refractivity contribution in [2.75, 3.05) is 4.90 Å². The third-order valence-electron chi connectivity index (χ3n) is 3.65. The number of carbonyl (C=O) groups is 1. The van der Waals surface area contributed by atoms with Gasteiger partial charge < -0.3 is 4.90 Å². The van der Waals surface area contributed by atoms with Crippen LogP contribution in [0.15, 0.2) is 36.9 Å². The van der Waals surface area contributed by atoms with Gasteiger partial charge in [0.1, 0.15) is 0 Å². The predicted octanol–water partition coefficient (Wildman–Crippen LogP) is 3.10. The fourth-order valence-corrected chi connectivity index (χ4v) is 2.23. The molecule has 1 aromatic carbocycles. The Balaban J connectivity index is 2.44. The number of rotatable bonds is 4. The van der Waals surface area contributed by atoms with E-state index in [1.807, 2.05) is 39.0 Å². The summed E-state index contributed by atoms with van der Waals surface area (Å²) in [6.07, 6.45) is 6.73. The Kier molecular flexibility index (Phi) is 4.92. The molecule has 0 unspecified atom stereocenters. The zero-order valence-corrected chi connectivity index (χ0v) is 13.6. The Labute approximate surface area is 136 Å². The summed E-state index contributed by atoms with van der Waals surface area (Å²) in [7, 11) is 0. The van der Waals surface area contributed by atoms with Gasteiger partial charge in [-0.1, -0.05) is 18.6 Å². The molecule has 2 rings (SSSR count). The van der Waals surface area contributed by atoms with Crippen molar-refractivity contribution in [3.63, 3.8) is 0 Å². The second-order valence-corrected chi connectivity index (χ2v) is 5.25. The van der Waals surface area contributed by atoms with Gasteiger partial charge in [0.25, 0.3) is 5.91 Å². The lowest BCUT2D eigenvalue weighted by Crippen LogP contribution is -2.29. The number of nitrogens with zero attached hydrogens (tertiary/aromatic N) is 3. The number of aromatic nitrogens is 2. The summed E-state index contributed by atoms with van der Waals surface area (Å²) in [4.78, 5) is 22.9. The molecular weight excluding hydrogens is 286 g/mol. The highest BCUT2D eigenvalue weighted by atomic mass is 16.2. The Morgan fingerprint density at radius 2 is 1.96 bits per heavy atom. The zero-order chi connectivity index (χ0) is 17.0. The van der Waals surface area contributed by atoms with Gasteiger partial charge in [0, 0.05) is 11.3 Å². The first-order valence-corrected chi connectivity index (χ1v) is 7.27. The minimum Gasteiger partial charge on any atom is -0.303 e. The second kappa shape index (κ2) is 6.89. The van der Waals surface area contributed by atoms with Gasteiger partial charge in [-0.15, -0.1) is 6.42 Å². The molecule has 116 valence electrons. The summed E-state index contributed by atoms with van der Waals surface area (Å²) in [6, 6.07) is 7.28. The fourth-order valence-electron chi connectivity index (χ4n) is 2.23. The van der Waals surface area contributed by atoms with Gasteiger partial charge >= 0.3 is 0 Å². The van der Waals surface area contributed by atoms with E-state index in [1.54, 1.807) is 11.0 Å². The SMILES string of the molecule is C#Cc1cccc(N(Cc2nc(C)c(C)nc2C)C(=O)C=C)c1. The van der Waals surface area contributed by atoms with Crippen LogP contribution in [0.25, 0.3) is 0 Å². The molecule has 1 heterocycles. The molecule has 0 spiro atoms. The molecule has 0 aliphatic carbocycles. The molecule has 0 N–H and O–H groups in total. The average Bonchev–Trinajstić information content (AvgIpc) is 2.56. The molecule has 2 aromatic rings. The molecule has 4 nitrogen and oxygen atoms in total. The first kappa shape index (κ1) is 16.4. The van der Waals surface area contributed by atoms with E-state index in [0.29, 0.717) is 17.8 Å². The van der Waals surface area contributed by atoms with E-state index < -0.39 is 0 Å². The molecule has 0 atom stereocenters. The number of hydrogen-bond acceptors (Lipinski definition) is 3. The summed E-state index contributed by atoms with van der Waals surface area (Å²) < 4.78 is 0. The molecule has 0 radical (unpaired) electrons. The molecule has 23 heavy (non-hydrogen) atoms. The van der Waals surface area contributed by atoms with Crippen LogP contribution in [0, 0.1) is 33.1 Å². The zero-order valence-electron chi connectivity index (χ0n) is 13.6. The van der Waals surface area contributed by atoms with Gasteiger partial charge in [0.05, 0.1) is 29.3 Å². The standard InChI is InChI=1S/C19H19N3O/c1-6-16-9-8-10-17(11-16)22(19(23)7-2)12-18-15(5)20-13(3)14(4)21-18/h1,7-11H,2,12H2,3-5H3. The van der Waals surface area contributed by atoms with Crippen LogP contribution >= 0.6 is 0 Å². The van der Waals surface area contributed by atoms with Crippen molar-refractivity contribution in [1.29, 1.82) is 0 Å². The second-order valence-electron chi connectivity index (χ2n) is 5.25. The summed E-state index contributed by atoms with van der Waals surface area (Å²) in [6.45, 7) is 9.61. The topological polar surface area (TPSA) is 46.1 Å². The number of terminal acetylenes is 1. The van der Waals surface area contributed by atoms with Crippen LogP contribution in [-0.4, -0.2) is 15.9 Å². The Morgan fingerprint density at radius 3 is 2.61 bits per heavy atom. The van der Waals surface area contributed by atoms with Gasteiger partial charge in [-0.3, -0.25) is 14.8 Å². The Morgan fingerprint density at radius 1 is 1.26 bits per heavy atom. The van der Waals surface area contributed by atoms with Crippen molar-refractivity contribution in [3.05, 3.63) is 65.3 Å². The number of aryl methyl sites for hydroxylation is 3. The molecule has 0 aliphatic rings. The van der Waals surface area contributed by atoms with Crippen molar-refractivity contribution in [2.24, 2.45) is 0 Å². The molecule has 1 aromatic heterocycles. The monoisotopic (exact) mass is 305 g/mol. The molecule has 0 fully saturated rings. The average molecular weight is 305 g/mol. The lowest BCUT2D eigenvalue weighted by atomic mass is 10.1. The molecule has 0 saturated carbocycles. The number of carbonyl (C=O) groups excluding carboxylic acids is 1. The van der Waals surface area contributed by atoms with Crippen molar-refractivity contribution in [2.45, 2.75) is 27.3 Å². The Bertz CT molecular complexity index is 803. The molecule has 0 bridgehead atoms. The summed E-state index contributed by atoms with van der Waals surface area (Å²) in [5, 5.41) is 0. The highest BCUT2D eigenvalue weighted by molar-refractivity contribution is 6.01. The summed E-state index contributed by atoms with van der Waals surface area (Å²) in [5.41, 5.74) is 4.74. The predicted molar refractivity (Wildman–Crippen MR) is 92.0 cm³/mol. The molecular formula is C19H19N3O. The van der Waals surface area contributed by atoms with Crippen LogP contribution in [0.5, 0.6) is 0 Å². The van der Waals surface area contributed by atoms with Crippen molar-refractivity contribution >= 4 is 11.6 Å². The number of hydrogen-bond donors (Lipinski definition) is 0. The van der Waals surface area contributed by atoms with Crippen LogP contribution in [-0.2, 0) is 11.3 Å². The van der Waals surface area contributed by atoms with E-state index in [2.05, 4.69) is 22.5 Å². The third kappa shape index (κ3) is 3.64. The number of amides is 1. The normalized spacial score (nSPS) is 10.0. The van der Waals surface area contributed by atoms with Crippen molar-refractivity contribution < 1.29 is 4.79 Å². The Hall–Kier alpha value is -2.93. The minimum atomic E-state index is -0.210. The summed E-state index contributed by atoms with van der Waals surface area (Å²) in [5.74, 6) is 2.37. The number of benzene rings is 1. The first-order chi connectivity index (χ1) is 11.0. The molecule has 0 saturated heterocycles. The quantitative estimate of drug-likeness (QED) is 0.644. The maximum absolute atomic E-state index is 12.3. The van der Waals surface area contributed by atoms with E-state index in [0.717, 1.165) is 22.8 Å². The van der Waals surface area contributed by atoms with E-state index >= 15 is 0 Å². The fraction of sp³-hybridized carbons (Fsp3) is 0.211. The molecule has 1 amide bonds. The van der Waals surface area contributed by atoms with E-state index in [-0.39, 0.29) is 5.91 Å². The maximum Gasteiger partial charge on any atom is 0.250 e. The van der Waals surface area contributed by atoms with Gasteiger partial charge in [-0.2, -0.15) is 0 Å². The van der Waals surface area contributed by atoms with E-state index in [1.165, 1.54) is 6.08 Å². The van der Waals surface area contributed by atoms with Crippen LogP contribution in [0.1, 0.15) is 28.3 Å². The van der Waals surface area contributed by atoms with E-state index in [4.69, 9.17) is 6.42 Å². The summed E-state index contributed by atoms with van der Waals surface area (Å²) >= 11 is 0. The van der Waals surface area contributed by atoms with Crippen molar-refractivity contribution in [3.8, 4) is 12.3 Å². The van der Waals surface area contributed by atoms with Crippen molar-refractivity contribution in [1.82, 2.24) is 9.97 Å². The highest BCUT2D eigenvalue weighted by Crippen LogP contribution is 2.20. The van der Waals surface area contributed by atoms with Crippen LogP contribution < -0.4 is 4.90 Å². The first-order valence-electron chi connectivity index (χ1n) is 7.27. The molecule has 0 aliphatic heterocycles. The molecule has 4 heteroatoms. The number of anilines is 1. The highest BCUT2D eigenvalue weighted by Gasteiger charge is 2.17. The lowest BCUT2D eigenvalue weighted by Gasteiger charge is -2.22. The van der Waals surface area contributed by atoms with Gasteiger partial charge in [0.2, 0.25) is 0 Å². The largest absolute Gasteiger partial charge is 0.303 e. The van der Waals surface area contributed by atoms with Gasteiger partial charge in [0.15, 0.2) is 0 Å². The smallest absolute Gasteiger partial charge is 0.250 e. The van der Waals surface area contributed by atoms with Gasteiger partial charge in [-0.05, 0) is 45.0 Å². The van der Waals surface area contributed by atoms with Crippen LogP contribution in [0.4, 0.5) is 5.69 Å². The van der Waals surface area contributed by atoms with Gasteiger partial charge in [-0.25, -0.2) is 0 Å². The minimum absolute atomic E-state index is 0.210. The van der Waals surface area contributed by atoms with Crippen LogP contribution in [0.3, 0.4) is 0 Å². The third-order valence-corrected chi connectivity index (χ3v) is 3.65. The van der Waals surface area contributed by atoms with Crippen LogP contribution in [0.2, 0.25) is 0 Å². The lowest BCUT2D eigenvalue weighted by molar-refractivity contribution is -0.114. The van der Waals surface area contributed by atoms with E-state index in [9.17, 15) is 4.79 Å².